The van der Waals surface area contributed by atoms with Crippen LogP contribution in [0.1, 0.15) is 5.69 Å². The van der Waals surface area contributed by atoms with Crippen molar-refractivity contribution in [2.45, 2.75) is 6.92 Å². The van der Waals surface area contributed by atoms with Crippen LogP contribution in [0, 0.1) is 6.92 Å². The Morgan fingerprint density at radius 3 is 2.58 bits per heavy atom. The van der Waals surface area contributed by atoms with Gasteiger partial charge in [-0.3, -0.25) is 9.97 Å². The molecule has 0 atom stereocenters. The molecule has 4 heterocycles. The number of anilines is 1. The van der Waals surface area contributed by atoms with Gasteiger partial charge in [-0.1, -0.05) is 0 Å². The molecule has 0 unspecified atom stereocenters. The fourth-order valence-corrected chi connectivity index (χ4v) is 2.92. The van der Waals surface area contributed by atoms with E-state index in [9.17, 15) is 0 Å². The number of imidazole rings is 1. The smallest absolute Gasteiger partial charge is 0.156 e. The van der Waals surface area contributed by atoms with E-state index in [1.54, 1.807) is 12.4 Å². The molecule has 6 nitrogen and oxygen atoms in total. The van der Waals surface area contributed by atoms with Gasteiger partial charge in [0.05, 0.1) is 25.1 Å². The second kappa shape index (κ2) is 6.41. The van der Waals surface area contributed by atoms with Crippen molar-refractivity contribution in [2.75, 3.05) is 31.2 Å². The van der Waals surface area contributed by atoms with E-state index in [0.29, 0.717) is 0 Å². The van der Waals surface area contributed by atoms with Crippen molar-refractivity contribution in [3.8, 4) is 22.6 Å². The highest BCUT2D eigenvalue weighted by molar-refractivity contribution is 5.80. The summed E-state index contributed by atoms with van der Waals surface area (Å²) in [5, 5.41) is 0. The van der Waals surface area contributed by atoms with E-state index in [-0.39, 0.29) is 0 Å². The Bertz CT molecular complexity index is 824. The number of rotatable bonds is 3. The number of morpholine rings is 1. The average Bonchev–Trinajstić information content (AvgIpc) is 3.09. The Hall–Kier alpha value is -2.73. The Morgan fingerprint density at radius 1 is 1.08 bits per heavy atom. The number of hydrogen-bond acceptors (Lipinski definition) is 5. The minimum atomic E-state index is 0.754. The van der Waals surface area contributed by atoms with Crippen molar-refractivity contribution in [1.82, 2.24) is 19.9 Å². The number of pyridine rings is 2. The third-order valence-electron chi connectivity index (χ3n) is 4.17. The molecular formula is C18H19N5O. The molecule has 0 bridgehead atoms. The van der Waals surface area contributed by atoms with Crippen LogP contribution in [0.15, 0.2) is 43.0 Å². The molecule has 0 saturated carbocycles. The highest BCUT2D eigenvalue weighted by Crippen LogP contribution is 2.32. The summed E-state index contributed by atoms with van der Waals surface area (Å²) in [6.07, 6.45) is 7.34. The maximum absolute atomic E-state index is 5.45. The molecule has 1 aliphatic rings. The van der Waals surface area contributed by atoms with Gasteiger partial charge >= 0.3 is 0 Å². The first kappa shape index (κ1) is 14.8. The molecule has 0 amide bonds. The van der Waals surface area contributed by atoms with Gasteiger partial charge in [-0.05, 0) is 30.7 Å². The molecule has 1 fully saturated rings. The fourth-order valence-electron chi connectivity index (χ4n) is 2.92. The lowest BCUT2D eigenvalue weighted by Crippen LogP contribution is -2.36. The second-order valence-corrected chi connectivity index (χ2v) is 5.84. The lowest BCUT2D eigenvalue weighted by atomic mass is 10.0. The fraction of sp³-hybridized carbons (Fsp3) is 0.278. The summed E-state index contributed by atoms with van der Waals surface area (Å²) < 4.78 is 5.45. The molecule has 4 rings (SSSR count). The van der Waals surface area contributed by atoms with Crippen LogP contribution in [0.4, 0.5) is 5.69 Å². The third kappa shape index (κ3) is 2.88. The molecular weight excluding hydrogens is 302 g/mol. The first-order valence-electron chi connectivity index (χ1n) is 8.06. The number of aromatic nitrogens is 4. The summed E-state index contributed by atoms with van der Waals surface area (Å²) in [6, 6.07) is 6.18. The van der Waals surface area contributed by atoms with Crippen molar-refractivity contribution in [3.63, 3.8) is 0 Å². The molecule has 0 aromatic carbocycles. The Labute approximate surface area is 140 Å². The number of aromatic amines is 1. The van der Waals surface area contributed by atoms with Crippen LogP contribution in [-0.2, 0) is 4.74 Å². The monoisotopic (exact) mass is 321 g/mol. The summed E-state index contributed by atoms with van der Waals surface area (Å²) in [5.41, 5.74) is 5.11. The van der Waals surface area contributed by atoms with Crippen LogP contribution >= 0.6 is 0 Å². The van der Waals surface area contributed by atoms with Crippen molar-refractivity contribution in [1.29, 1.82) is 0 Å². The summed E-state index contributed by atoms with van der Waals surface area (Å²) in [5.74, 6) is 0.785. The van der Waals surface area contributed by atoms with Gasteiger partial charge in [0, 0.05) is 42.9 Å². The normalized spacial score (nSPS) is 14.8. The van der Waals surface area contributed by atoms with E-state index < -0.39 is 0 Å². The predicted molar refractivity (Wildman–Crippen MR) is 92.8 cm³/mol. The maximum atomic E-state index is 5.45. The van der Waals surface area contributed by atoms with Gasteiger partial charge in [0.25, 0.3) is 0 Å². The van der Waals surface area contributed by atoms with Crippen LogP contribution in [0.2, 0.25) is 0 Å². The van der Waals surface area contributed by atoms with Crippen LogP contribution in [0.3, 0.4) is 0 Å². The topological polar surface area (TPSA) is 66.9 Å². The molecule has 0 spiro atoms. The number of ether oxygens (including phenoxy) is 1. The van der Waals surface area contributed by atoms with Gasteiger partial charge in [-0.25, -0.2) is 4.98 Å². The van der Waals surface area contributed by atoms with Crippen LogP contribution in [0.25, 0.3) is 22.6 Å². The summed E-state index contributed by atoms with van der Waals surface area (Å²) >= 11 is 0. The van der Waals surface area contributed by atoms with Crippen molar-refractivity contribution >= 4 is 5.69 Å². The molecule has 24 heavy (non-hydrogen) atoms. The standard InChI is InChI=1S/C18H19N5O/c1-13-11-21-18(22-13)17-16(14-2-4-19-5-3-14)10-15(12-20-17)23-6-8-24-9-7-23/h2-5,10-12H,6-9H2,1H3,(H,21,22). The van der Waals surface area contributed by atoms with Crippen LogP contribution < -0.4 is 4.90 Å². The van der Waals surface area contributed by atoms with Crippen LogP contribution in [-0.4, -0.2) is 46.2 Å². The number of nitrogens with one attached hydrogen (secondary N) is 1. The van der Waals surface area contributed by atoms with Crippen LogP contribution in [0.5, 0.6) is 0 Å². The molecule has 122 valence electrons. The average molecular weight is 321 g/mol. The summed E-state index contributed by atoms with van der Waals surface area (Å²) in [4.78, 5) is 18.9. The summed E-state index contributed by atoms with van der Waals surface area (Å²) in [7, 11) is 0. The zero-order chi connectivity index (χ0) is 16.4. The van der Waals surface area contributed by atoms with Gasteiger partial charge in [-0.2, -0.15) is 0 Å². The number of nitrogens with zero attached hydrogens (tertiary/aromatic N) is 4. The Kier molecular flexibility index (Phi) is 3.96. The van der Waals surface area contributed by atoms with E-state index in [0.717, 1.165) is 60.3 Å². The largest absolute Gasteiger partial charge is 0.378 e. The molecule has 0 radical (unpaired) electrons. The Balaban J connectivity index is 1.81. The van der Waals surface area contributed by atoms with Gasteiger partial charge in [-0.15, -0.1) is 0 Å². The molecule has 1 saturated heterocycles. The molecule has 3 aromatic rings. The van der Waals surface area contributed by atoms with Crippen molar-refractivity contribution in [3.05, 3.63) is 48.7 Å². The predicted octanol–water partition coefficient (Wildman–Crippen LogP) is 2.68. The second-order valence-electron chi connectivity index (χ2n) is 5.84. The lowest BCUT2D eigenvalue weighted by Gasteiger charge is -2.29. The van der Waals surface area contributed by atoms with Crippen molar-refractivity contribution in [2.24, 2.45) is 0 Å². The minimum absolute atomic E-state index is 0.754. The third-order valence-corrected chi connectivity index (χ3v) is 4.17. The molecule has 0 aliphatic carbocycles. The number of aryl methyl sites for hydroxylation is 1. The van der Waals surface area contributed by atoms with Gasteiger partial charge < -0.3 is 14.6 Å². The zero-order valence-electron chi connectivity index (χ0n) is 13.6. The summed E-state index contributed by atoms with van der Waals surface area (Å²) in [6.45, 7) is 5.27. The number of H-pyrrole nitrogens is 1. The van der Waals surface area contributed by atoms with E-state index in [2.05, 4.69) is 25.9 Å². The van der Waals surface area contributed by atoms with Crippen molar-refractivity contribution < 1.29 is 4.74 Å². The van der Waals surface area contributed by atoms with Gasteiger partial charge in [0.1, 0.15) is 5.69 Å². The molecule has 1 N–H and O–H groups in total. The first-order chi connectivity index (χ1) is 11.8. The first-order valence-corrected chi connectivity index (χ1v) is 8.06. The highest BCUT2D eigenvalue weighted by Gasteiger charge is 2.17. The van der Waals surface area contributed by atoms with E-state index in [1.807, 2.05) is 31.5 Å². The van der Waals surface area contributed by atoms with E-state index in [1.165, 1.54) is 0 Å². The number of hydrogen-bond donors (Lipinski definition) is 1. The highest BCUT2D eigenvalue weighted by atomic mass is 16.5. The maximum Gasteiger partial charge on any atom is 0.156 e. The van der Waals surface area contributed by atoms with Gasteiger partial charge in [0.15, 0.2) is 5.82 Å². The lowest BCUT2D eigenvalue weighted by molar-refractivity contribution is 0.122. The molecule has 3 aromatic heterocycles. The zero-order valence-corrected chi connectivity index (χ0v) is 13.6. The molecule has 1 aliphatic heterocycles. The SMILES string of the molecule is Cc1cnc(-c2ncc(N3CCOCC3)cc2-c2ccncc2)[nH]1. The minimum Gasteiger partial charge on any atom is -0.378 e. The van der Waals surface area contributed by atoms with E-state index in [4.69, 9.17) is 9.72 Å². The van der Waals surface area contributed by atoms with E-state index >= 15 is 0 Å². The quantitative estimate of drug-likeness (QED) is 0.803. The Morgan fingerprint density at radius 2 is 1.88 bits per heavy atom. The van der Waals surface area contributed by atoms with Gasteiger partial charge in [0.2, 0.25) is 0 Å². The molecule has 6 heteroatoms.